The minimum atomic E-state index is -0.953. The molecule has 0 saturated carbocycles. The van der Waals surface area contributed by atoms with Gasteiger partial charge in [-0.05, 0) is 56.2 Å². The Morgan fingerprint density at radius 1 is 0.966 bits per heavy atom. The summed E-state index contributed by atoms with van der Waals surface area (Å²) in [5, 5.41) is 2.74. The van der Waals surface area contributed by atoms with E-state index in [4.69, 9.17) is 18.9 Å². The maximum atomic E-state index is 12.3. The van der Waals surface area contributed by atoms with Gasteiger partial charge in [0.25, 0.3) is 5.91 Å². The molecule has 0 radical (unpaired) electrons. The minimum Gasteiger partial charge on any atom is -0.493 e. The van der Waals surface area contributed by atoms with Crippen LogP contribution in [0.25, 0.3) is 0 Å². The number of amides is 1. The number of methoxy groups -OCH3 is 2. The minimum absolute atomic E-state index is 0.260. The lowest BCUT2D eigenvalue weighted by Crippen LogP contribution is -2.38. The van der Waals surface area contributed by atoms with Crippen molar-refractivity contribution < 1.29 is 28.5 Å². The van der Waals surface area contributed by atoms with Gasteiger partial charge in [0.15, 0.2) is 23.7 Å². The summed E-state index contributed by atoms with van der Waals surface area (Å²) >= 11 is 0. The van der Waals surface area contributed by atoms with E-state index in [0.29, 0.717) is 17.2 Å². The summed E-state index contributed by atoms with van der Waals surface area (Å²) in [5.41, 5.74) is 1.84. The van der Waals surface area contributed by atoms with Crippen molar-refractivity contribution in [1.82, 2.24) is 5.32 Å². The Bertz CT molecular complexity index is 851. The summed E-state index contributed by atoms with van der Waals surface area (Å²) in [4.78, 5) is 24.5. The van der Waals surface area contributed by atoms with Crippen molar-refractivity contribution in [1.29, 1.82) is 0 Å². The average molecular weight is 401 g/mol. The number of carbonyl (C=O) groups excluding carboxylic acids is 2. The molecular formula is C22H27NO6. The van der Waals surface area contributed by atoms with Gasteiger partial charge in [-0.1, -0.05) is 18.2 Å². The number of aryl methyl sites for hydroxylation is 1. The second kappa shape index (κ2) is 10.4. The highest BCUT2D eigenvalue weighted by Crippen LogP contribution is 2.27. The van der Waals surface area contributed by atoms with E-state index in [1.54, 1.807) is 39.3 Å². The molecule has 0 spiro atoms. The van der Waals surface area contributed by atoms with Crippen molar-refractivity contribution in [2.75, 3.05) is 14.2 Å². The molecule has 7 nitrogen and oxygen atoms in total. The van der Waals surface area contributed by atoms with Gasteiger partial charge in [0.2, 0.25) is 0 Å². The van der Waals surface area contributed by atoms with Gasteiger partial charge < -0.3 is 24.3 Å². The molecule has 7 heteroatoms. The molecule has 1 amide bonds. The second-order valence-electron chi connectivity index (χ2n) is 6.56. The predicted molar refractivity (Wildman–Crippen MR) is 108 cm³/mol. The highest BCUT2D eigenvalue weighted by Gasteiger charge is 2.23. The topological polar surface area (TPSA) is 83.1 Å². The smallest absolute Gasteiger partial charge is 0.347 e. The zero-order valence-corrected chi connectivity index (χ0v) is 17.4. The number of esters is 1. The summed E-state index contributed by atoms with van der Waals surface area (Å²) in [6, 6.07) is 12.7. The monoisotopic (exact) mass is 401 g/mol. The van der Waals surface area contributed by atoms with E-state index in [9.17, 15) is 9.59 Å². The predicted octanol–water partition coefficient (Wildman–Crippen LogP) is 3.03. The van der Waals surface area contributed by atoms with Crippen molar-refractivity contribution in [3.8, 4) is 17.2 Å². The first kappa shape index (κ1) is 22.1. The molecule has 29 heavy (non-hydrogen) atoms. The Hall–Kier alpha value is -3.22. The molecule has 2 aromatic carbocycles. The summed E-state index contributed by atoms with van der Waals surface area (Å²) in [6.45, 7) is 5.29. The fraction of sp³-hybridized carbons (Fsp3) is 0.364. The molecule has 0 aliphatic heterocycles. The number of benzene rings is 2. The van der Waals surface area contributed by atoms with Gasteiger partial charge in [0, 0.05) is 6.54 Å². The molecule has 0 bridgehead atoms. The van der Waals surface area contributed by atoms with Gasteiger partial charge in [0.05, 0.1) is 14.2 Å². The van der Waals surface area contributed by atoms with Crippen LogP contribution in [-0.4, -0.2) is 38.3 Å². The van der Waals surface area contributed by atoms with E-state index in [-0.39, 0.29) is 6.54 Å². The zero-order valence-electron chi connectivity index (χ0n) is 17.4. The molecule has 0 heterocycles. The average Bonchev–Trinajstić information content (AvgIpc) is 2.71. The largest absolute Gasteiger partial charge is 0.493 e. The number of hydrogen-bond acceptors (Lipinski definition) is 6. The second-order valence-corrected chi connectivity index (χ2v) is 6.56. The van der Waals surface area contributed by atoms with E-state index in [1.807, 2.05) is 31.2 Å². The first-order chi connectivity index (χ1) is 13.8. The van der Waals surface area contributed by atoms with Crippen LogP contribution < -0.4 is 19.5 Å². The third-order valence-electron chi connectivity index (χ3n) is 4.21. The number of rotatable bonds is 9. The van der Waals surface area contributed by atoms with Gasteiger partial charge in [-0.2, -0.15) is 0 Å². The fourth-order valence-electron chi connectivity index (χ4n) is 2.59. The van der Waals surface area contributed by atoms with Gasteiger partial charge in [-0.3, -0.25) is 4.79 Å². The van der Waals surface area contributed by atoms with Crippen molar-refractivity contribution >= 4 is 11.9 Å². The maximum absolute atomic E-state index is 12.3. The fourth-order valence-corrected chi connectivity index (χ4v) is 2.59. The van der Waals surface area contributed by atoms with Gasteiger partial charge in [0.1, 0.15) is 5.75 Å². The molecule has 2 rings (SSSR count). The highest BCUT2D eigenvalue weighted by molar-refractivity contribution is 5.84. The molecule has 0 aliphatic carbocycles. The van der Waals surface area contributed by atoms with E-state index in [0.717, 1.165) is 11.1 Å². The van der Waals surface area contributed by atoms with E-state index in [2.05, 4.69) is 5.32 Å². The molecule has 1 N–H and O–H groups in total. The van der Waals surface area contributed by atoms with E-state index < -0.39 is 24.1 Å². The number of nitrogens with one attached hydrogen (secondary N) is 1. The lowest BCUT2D eigenvalue weighted by molar-refractivity contribution is -0.160. The summed E-state index contributed by atoms with van der Waals surface area (Å²) in [6.07, 6.45) is -1.79. The summed E-state index contributed by atoms with van der Waals surface area (Å²) in [7, 11) is 3.10. The van der Waals surface area contributed by atoms with Crippen LogP contribution in [0.1, 0.15) is 25.0 Å². The lowest BCUT2D eigenvalue weighted by atomic mass is 10.2. The molecule has 2 atom stereocenters. The molecule has 0 unspecified atom stereocenters. The number of carbonyl (C=O) groups is 2. The maximum Gasteiger partial charge on any atom is 0.347 e. The van der Waals surface area contributed by atoms with Gasteiger partial charge >= 0.3 is 5.97 Å². The highest BCUT2D eigenvalue weighted by atomic mass is 16.6. The molecule has 0 fully saturated rings. The summed E-state index contributed by atoms with van der Waals surface area (Å²) in [5.74, 6) is 0.726. The van der Waals surface area contributed by atoms with Crippen LogP contribution in [0.5, 0.6) is 17.2 Å². The SMILES string of the molecule is COc1ccc(CNC(=O)[C@@H](C)OC(=O)[C@@H](C)Oc2cccc(C)c2)cc1OC. The van der Waals surface area contributed by atoms with Crippen molar-refractivity contribution in [2.45, 2.75) is 39.5 Å². The standard InChI is InChI=1S/C22H27NO6/c1-14-7-6-8-18(11-14)28-16(3)22(25)29-15(2)21(24)23-13-17-9-10-19(26-4)20(12-17)27-5/h6-12,15-16H,13H2,1-5H3,(H,23,24)/t15-,16-/m1/s1. The first-order valence-electron chi connectivity index (χ1n) is 9.26. The normalized spacial score (nSPS) is 12.4. The van der Waals surface area contributed by atoms with Crippen LogP contribution in [0.3, 0.4) is 0 Å². The quantitative estimate of drug-likeness (QED) is 0.651. The van der Waals surface area contributed by atoms with Gasteiger partial charge in [-0.15, -0.1) is 0 Å². The molecular weight excluding hydrogens is 374 g/mol. The van der Waals surface area contributed by atoms with Crippen LogP contribution in [0.4, 0.5) is 0 Å². The van der Waals surface area contributed by atoms with Crippen molar-refractivity contribution in [3.63, 3.8) is 0 Å². The Labute approximate surface area is 170 Å². The van der Waals surface area contributed by atoms with Crippen LogP contribution in [-0.2, 0) is 20.9 Å². The van der Waals surface area contributed by atoms with Crippen molar-refractivity contribution in [3.05, 3.63) is 53.6 Å². The van der Waals surface area contributed by atoms with Crippen LogP contribution in [0.15, 0.2) is 42.5 Å². The summed E-state index contributed by atoms with van der Waals surface area (Å²) < 4.78 is 21.2. The van der Waals surface area contributed by atoms with Gasteiger partial charge in [-0.25, -0.2) is 4.79 Å². The molecule has 156 valence electrons. The Morgan fingerprint density at radius 2 is 1.69 bits per heavy atom. The number of hydrogen-bond donors (Lipinski definition) is 1. The van der Waals surface area contributed by atoms with E-state index >= 15 is 0 Å². The molecule has 2 aromatic rings. The Balaban J connectivity index is 1.85. The lowest BCUT2D eigenvalue weighted by Gasteiger charge is -2.18. The van der Waals surface area contributed by atoms with Crippen molar-refractivity contribution in [2.24, 2.45) is 0 Å². The molecule has 0 aliphatic rings. The Morgan fingerprint density at radius 3 is 2.34 bits per heavy atom. The van der Waals surface area contributed by atoms with Crippen LogP contribution in [0.2, 0.25) is 0 Å². The van der Waals surface area contributed by atoms with Crippen LogP contribution in [0, 0.1) is 6.92 Å². The first-order valence-corrected chi connectivity index (χ1v) is 9.26. The number of ether oxygens (including phenoxy) is 4. The third kappa shape index (κ3) is 6.41. The molecule has 0 aromatic heterocycles. The van der Waals surface area contributed by atoms with Crippen LogP contribution >= 0.6 is 0 Å². The van der Waals surface area contributed by atoms with E-state index in [1.165, 1.54) is 6.92 Å². The third-order valence-corrected chi connectivity index (χ3v) is 4.21. The zero-order chi connectivity index (χ0) is 21.4. The molecule has 0 saturated heterocycles. The Kier molecular flexibility index (Phi) is 7.88.